The van der Waals surface area contributed by atoms with Gasteiger partial charge < -0.3 is 10.6 Å². The van der Waals surface area contributed by atoms with Crippen LogP contribution in [0, 0.1) is 5.82 Å². The van der Waals surface area contributed by atoms with Crippen LogP contribution in [0.25, 0.3) is 0 Å². The van der Waals surface area contributed by atoms with Gasteiger partial charge in [-0.05, 0) is 12.5 Å². The van der Waals surface area contributed by atoms with Gasteiger partial charge in [0, 0.05) is 18.7 Å². The Kier molecular flexibility index (Phi) is 5.87. The highest BCUT2D eigenvalue weighted by Crippen LogP contribution is 2.09. The van der Waals surface area contributed by atoms with E-state index in [2.05, 4.69) is 32.7 Å². The Morgan fingerprint density at radius 3 is 2.81 bits per heavy atom. The van der Waals surface area contributed by atoms with Gasteiger partial charge in [-0.1, -0.05) is 38.0 Å². The fourth-order valence-corrected chi connectivity index (χ4v) is 1.87. The van der Waals surface area contributed by atoms with Crippen molar-refractivity contribution in [1.82, 2.24) is 15.2 Å². The van der Waals surface area contributed by atoms with Crippen LogP contribution < -0.4 is 10.6 Å². The number of anilines is 2. The lowest BCUT2D eigenvalue weighted by atomic mass is 10.2. The van der Waals surface area contributed by atoms with E-state index in [4.69, 9.17) is 0 Å². The molecule has 0 spiro atoms. The summed E-state index contributed by atoms with van der Waals surface area (Å²) in [6, 6.07) is 6.62. The first-order valence-corrected chi connectivity index (χ1v) is 7.20. The predicted molar refractivity (Wildman–Crippen MR) is 81.6 cm³/mol. The first-order chi connectivity index (χ1) is 10.3. The minimum Gasteiger partial charge on any atom is -0.369 e. The number of aromatic nitrogens is 3. The molecule has 1 heterocycles. The molecule has 0 aliphatic heterocycles. The third-order valence-electron chi connectivity index (χ3n) is 3.04. The van der Waals surface area contributed by atoms with Gasteiger partial charge >= 0.3 is 0 Å². The Bertz CT molecular complexity index is 561. The number of benzene rings is 1. The molecule has 6 heteroatoms. The van der Waals surface area contributed by atoms with Crippen molar-refractivity contribution in [2.45, 2.75) is 32.7 Å². The van der Waals surface area contributed by atoms with E-state index in [1.807, 2.05) is 0 Å². The second-order valence-electron chi connectivity index (χ2n) is 4.74. The van der Waals surface area contributed by atoms with Crippen LogP contribution in [0.3, 0.4) is 0 Å². The van der Waals surface area contributed by atoms with E-state index in [9.17, 15) is 4.39 Å². The highest BCUT2D eigenvalue weighted by Gasteiger charge is 2.03. The molecule has 0 atom stereocenters. The van der Waals surface area contributed by atoms with Crippen molar-refractivity contribution < 1.29 is 4.39 Å². The summed E-state index contributed by atoms with van der Waals surface area (Å²) in [6.45, 7) is 3.35. The van der Waals surface area contributed by atoms with Gasteiger partial charge in [0.05, 0.1) is 6.20 Å². The zero-order valence-corrected chi connectivity index (χ0v) is 12.1. The fraction of sp³-hybridized carbons (Fsp3) is 0.400. The van der Waals surface area contributed by atoms with Crippen molar-refractivity contribution in [3.8, 4) is 0 Å². The summed E-state index contributed by atoms with van der Waals surface area (Å²) in [6.07, 6.45) is 5.04. The van der Waals surface area contributed by atoms with Crippen LogP contribution >= 0.6 is 0 Å². The van der Waals surface area contributed by atoms with Crippen molar-refractivity contribution >= 4 is 11.8 Å². The Hall–Kier alpha value is -2.24. The fourth-order valence-electron chi connectivity index (χ4n) is 1.87. The zero-order valence-electron chi connectivity index (χ0n) is 12.1. The first-order valence-electron chi connectivity index (χ1n) is 7.20. The lowest BCUT2D eigenvalue weighted by molar-refractivity contribution is 0.612. The number of unbranched alkanes of at least 4 members (excludes halogenated alkanes) is 2. The number of hydrogen-bond acceptors (Lipinski definition) is 5. The standard InChI is InChI=1S/C15H20FN5/c1-2-3-6-9-17-14-11-19-21-15(20-14)18-10-12-7-4-5-8-13(12)16/h4-5,7-8,11H,2-3,6,9-10H2,1H3,(H2,17,18,20,21). The van der Waals surface area contributed by atoms with Crippen LogP contribution in [0.4, 0.5) is 16.2 Å². The number of halogens is 1. The molecule has 1 aromatic carbocycles. The van der Waals surface area contributed by atoms with Gasteiger partial charge in [0.2, 0.25) is 5.95 Å². The average Bonchev–Trinajstić information content (AvgIpc) is 2.51. The summed E-state index contributed by atoms with van der Waals surface area (Å²) in [5, 5.41) is 14.0. The van der Waals surface area contributed by atoms with Crippen LogP contribution in [-0.2, 0) is 6.54 Å². The maximum absolute atomic E-state index is 13.5. The van der Waals surface area contributed by atoms with Crippen LogP contribution in [0.5, 0.6) is 0 Å². The van der Waals surface area contributed by atoms with Gasteiger partial charge in [-0.2, -0.15) is 10.1 Å². The lowest BCUT2D eigenvalue weighted by Crippen LogP contribution is -2.09. The zero-order chi connectivity index (χ0) is 14.9. The van der Waals surface area contributed by atoms with Crippen LogP contribution in [0.1, 0.15) is 31.7 Å². The van der Waals surface area contributed by atoms with Crippen molar-refractivity contribution in [1.29, 1.82) is 0 Å². The van der Waals surface area contributed by atoms with Crippen LogP contribution in [0.15, 0.2) is 30.5 Å². The van der Waals surface area contributed by atoms with Gasteiger partial charge in [0.1, 0.15) is 11.6 Å². The maximum Gasteiger partial charge on any atom is 0.244 e. The van der Waals surface area contributed by atoms with Crippen molar-refractivity contribution in [3.05, 3.63) is 41.8 Å². The van der Waals surface area contributed by atoms with Gasteiger partial charge in [0.25, 0.3) is 0 Å². The minimum absolute atomic E-state index is 0.244. The summed E-state index contributed by atoms with van der Waals surface area (Å²) < 4.78 is 13.5. The Labute approximate surface area is 124 Å². The predicted octanol–water partition coefficient (Wildman–Crippen LogP) is 3.22. The number of rotatable bonds is 8. The molecule has 21 heavy (non-hydrogen) atoms. The molecule has 5 nitrogen and oxygen atoms in total. The summed E-state index contributed by atoms with van der Waals surface area (Å²) in [5.41, 5.74) is 0.572. The molecule has 0 saturated heterocycles. The largest absolute Gasteiger partial charge is 0.369 e. The molecule has 1 aromatic heterocycles. The van der Waals surface area contributed by atoms with Gasteiger partial charge in [-0.3, -0.25) is 0 Å². The minimum atomic E-state index is -0.244. The molecule has 2 N–H and O–H groups in total. The quantitative estimate of drug-likeness (QED) is 0.731. The molecule has 112 valence electrons. The highest BCUT2D eigenvalue weighted by atomic mass is 19.1. The van der Waals surface area contributed by atoms with E-state index >= 15 is 0 Å². The van der Waals surface area contributed by atoms with Crippen molar-refractivity contribution in [3.63, 3.8) is 0 Å². The Morgan fingerprint density at radius 2 is 2.00 bits per heavy atom. The highest BCUT2D eigenvalue weighted by molar-refractivity contribution is 5.37. The second kappa shape index (κ2) is 8.14. The summed E-state index contributed by atoms with van der Waals surface area (Å²) >= 11 is 0. The molecule has 0 aliphatic rings. The second-order valence-corrected chi connectivity index (χ2v) is 4.74. The smallest absolute Gasteiger partial charge is 0.244 e. The molecule has 0 fully saturated rings. The molecule has 0 amide bonds. The molecule has 2 rings (SSSR count). The molecule has 0 saturated carbocycles. The third-order valence-corrected chi connectivity index (χ3v) is 3.04. The van der Waals surface area contributed by atoms with E-state index < -0.39 is 0 Å². The van der Waals surface area contributed by atoms with Crippen LogP contribution in [-0.4, -0.2) is 21.7 Å². The van der Waals surface area contributed by atoms with E-state index in [1.165, 1.54) is 18.9 Å². The van der Waals surface area contributed by atoms with Crippen LogP contribution in [0.2, 0.25) is 0 Å². The SMILES string of the molecule is CCCCCNc1cnnc(NCc2ccccc2F)n1. The first kappa shape index (κ1) is 15.2. The molecular formula is C15H20FN5. The van der Waals surface area contributed by atoms with Gasteiger partial charge in [0.15, 0.2) is 0 Å². The van der Waals surface area contributed by atoms with Gasteiger partial charge in [-0.15, -0.1) is 5.10 Å². The number of nitrogens with zero attached hydrogens (tertiary/aromatic N) is 3. The number of hydrogen-bond donors (Lipinski definition) is 2. The monoisotopic (exact) mass is 289 g/mol. The van der Waals surface area contributed by atoms with Crippen molar-refractivity contribution in [2.75, 3.05) is 17.2 Å². The van der Waals surface area contributed by atoms with E-state index in [-0.39, 0.29) is 5.82 Å². The van der Waals surface area contributed by atoms with E-state index in [1.54, 1.807) is 24.4 Å². The lowest BCUT2D eigenvalue weighted by Gasteiger charge is -2.08. The summed E-state index contributed by atoms with van der Waals surface area (Å²) in [7, 11) is 0. The topological polar surface area (TPSA) is 62.7 Å². The normalized spacial score (nSPS) is 10.4. The van der Waals surface area contributed by atoms with Gasteiger partial charge in [-0.25, -0.2) is 4.39 Å². The van der Waals surface area contributed by atoms with Crippen molar-refractivity contribution in [2.24, 2.45) is 0 Å². The molecule has 0 aliphatic carbocycles. The number of nitrogens with one attached hydrogen (secondary N) is 2. The molecular weight excluding hydrogens is 269 g/mol. The molecule has 2 aromatic rings. The maximum atomic E-state index is 13.5. The third kappa shape index (κ3) is 4.98. The average molecular weight is 289 g/mol. The molecule has 0 unspecified atom stereocenters. The summed E-state index contributed by atoms with van der Waals surface area (Å²) in [5.74, 6) is 0.822. The molecule has 0 radical (unpaired) electrons. The Morgan fingerprint density at radius 1 is 1.14 bits per heavy atom. The van der Waals surface area contributed by atoms with E-state index in [0.29, 0.717) is 23.9 Å². The summed E-state index contributed by atoms with van der Waals surface area (Å²) in [4.78, 5) is 4.30. The Balaban J connectivity index is 1.87. The molecule has 0 bridgehead atoms. The van der Waals surface area contributed by atoms with E-state index in [0.717, 1.165) is 13.0 Å².